The molecule has 0 amide bonds. The summed E-state index contributed by atoms with van der Waals surface area (Å²) in [5.41, 5.74) is 0.815. The zero-order valence-electron chi connectivity index (χ0n) is 14.3. The van der Waals surface area contributed by atoms with E-state index in [4.69, 9.17) is 0 Å². The molecule has 22 heavy (non-hydrogen) atoms. The van der Waals surface area contributed by atoms with Gasteiger partial charge in [0.2, 0.25) is 10.0 Å². The van der Waals surface area contributed by atoms with Crippen LogP contribution in [0.5, 0.6) is 0 Å². The minimum absolute atomic E-state index is 0.0353. The Balaban J connectivity index is 2.75. The fourth-order valence-corrected chi connectivity index (χ4v) is 2.75. The van der Waals surface area contributed by atoms with Crippen LogP contribution in [0, 0.1) is 5.41 Å². The van der Waals surface area contributed by atoms with Crippen LogP contribution in [0.1, 0.15) is 39.3 Å². The van der Waals surface area contributed by atoms with Gasteiger partial charge in [0.1, 0.15) is 0 Å². The molecule has 0 fully saturated rings. The van der Waals surface area contributed by atoms with Gasteiger partial charge in [0, 0.05) is 26.7 Å². The summed E-state index contributed by atoms with van der Waals surface area (Å²) in [6.45, 7) is 8.45. The third-order valence-corrected chi connectivity index (χ3v) is 5.61. The molecule has 2 atom stereocenters. The molecule has 0 aliphatic carbocycles. The van der Waals surface area contributed by atoms with Gasteiger partial charge in [-0.15, -0.1) is 0 Å². The lowest BCUT2D eigenvalue weighted by molar-refractivity contribution is 0.0609. The highest BCUT2D eigenvalue weighted by molar-refractivity contribution is 7.89. The Bertz CT molecular complexity index is 574. The van der Waals surface area contributed by atoms with Crippen molar-refractivity contribution in [2.75, 3.05) is 20.6 Å². The lowest BCUT2D eigenvalue weighted by Crippen LogP contribution is -2.37. The number of nitrogens with one attached hydrogen (secondary N) is 1. The molecule has 0 saturated heterocycles. The number of rotatable bonds is 6. The Hall–Kier alpha value is -0.950. The van der Waals surface area contributed by atoms with Crippen LogP contribution in [0.15, 0.2) is 29.2 Å². The van der Waals surface area contributed by atoms with Crippen molar-refractivity contribution in [3.8, 4) is 0 Å². The van der Waals surface area contributed by atoms with E-state index < -0.39 is 16.1 Å². The van der Waals surface area contributed by atoms with Gasteiger partial charge in [-0.2, -0.15) is 0 Å². The third kappa shape index (κ3) is 4.78. The van der Waals surface area contributed by atoms with Crippen LogP contribution >= 0.6 is 0 Å². The van der Waals surface area contributed by atoms with Crippen LogP contribution in [0.2, 0.25) is 0 Å². The number of aliphatic hydroxyl groups excluding tert-OH is 1. The molecule has 2 N–H and O–H groups in total. The maximum Gasteiger partial charge on any atom is 0.242 e. The molecule has 0 aromatic heterocycles. The largest absolute Gasteiger partial charge is 0.391 e. The van der Waals surface area contributed by atoms with Crippen molar-refractivity contribution in [2.45, 2.75) is 44.7 Å². The van der Waals surface area contributed by atoms with Crippen molar-refractivity contribution in [1.82, 2.24) is 9.62 Å². The molecule has 0 radical (unpaired) electrons. The molecule has 6 heteroatoms. The molecule has 0 bridgehead atoms. The quantitative estimate of drug-likeness (QED) is 0.838. The van der Waals surface area contributed by atoms with E-state index in [0.29, 0.717) is 6.54 Å². The smallest absolute Gasteiger partial charge is 0.242 e. The lowest BCUT2D eigenvalue weighted by Gasteiger charge is -2.27. The van der Waals surface area contributed by atoms with E-state index in [1.807, 2.05) is 27.7 Å². The van der Waals surface area contributed by atoms with E-state index in [-0.39, 0.29) is 16.4 Å². The molecule has 0 saturated carbocycles. The van der Waals surface area contributed by atoms with E-state index in [9.17, 15) is 13.5 Å². The molecule has 0 aliphatic rings. The van der Waals surface area contributed by atoms with Crippen LogP contribution in [-0.2, 0) is 10.0 Å². The van der Waals surface area contributed by atoms with Crippen LogP contribution in [-0.4, -0.2) is 44.6 Å². The van der Waals surface area contributed by atoms with E-state index in [1.165, 1.54) is 18.4 Å². The second kappa shape index (κ2) is 7.08. The fourth-order valence-electron chi connectivity index (χ4n) is 1.85. The standard InChI is InChI=1S/C16H28N2O3S/c1-12(17-11-15(19)16(2,3)4)13-7-9-14(10-8-13)22(20,21)18(5)6/h7-10,12,15,17,19H,11H2,1-6H3. The minimum atomic E-state index is -3.39. The zero-order valence-corrected chi connectivity index (χ0v) is 15.1. The first kappa shape index (κ1) is 19.1. The van der Waals surface area contributed by atoms with Gasteiger partial charge in [0.25, 0.3) is 0 Å². The zero-order chi connectivity index (χ0) is 17.1. The molecule has 0 aliphatic heterocycles. The Labute approximate surface area is 134 Å². The van der Waals surface area contributed by atoms with E-state index in [1.54, 1.807) is 24.3 Å². The summed E-state index contributed by atoms with van der Waals surface area (Å²) in [5.74, 6) is 0. The molecule has 5 nitrogen and oxygen atoms in total. The average Bonchev–Trinajstić information content (AvgIpc) is 2.43. The van der Waals surface area contributed by atoms with Crippen molar-refractivity contribution >= 4 is 10.0 Å². The van der Waals surface area contributed by atoms with Gasteiger partial charge < -0.3 is 10.4 Å². The van der Waals surface area contributed by atoms with Gasteiger partial charge in [0.05, 0.1) is 11.0 Å². The van der Waals surface area contributed by atoms with E-state index in [2.05, 4.69) is 5.32 Å². The van der Waals surface area contributed by atoms with E-state index in [0.717, 1.165) is 5.56 Å². The van der Waals surface area contributed by atoms with Crippen molar-refractivity contribution in [3.63, 3.8) is 0 Å². The molecule has 0 heterocycles. The van der Waals surface area contributed by atoms with E-state index >= 15 is 0 Å². The predicted octanol–water partition coefficient (Wildman–Crippen LogP) is 1.99. The molecule has 2 unspecified atom stereocenters. The van der Waals surface area contributed by atoms with Crippen LogP contribution in [0.4, 0.5) is 0 Å². The maximum absolute atomic E-state index is 12.0. The molecular weight excluding hydrogens is 300 g/mol. The summed E-state index contributed by atoms with van der Waals surface area (Å²) in [7, 11) is -0.361. The van der Waals surface area contributed by atoms with Gasteiger partial charge in [-0.1, -0.05) is 32.9 Å². The second-order valence-electron chi connectivity index (χ2n) is 6.87. The Kier molecular flexibility index (Phi) is 6.15. The van der Waals surface area contributed by atoms with Crippen molar-refractivity contribution in [2.24, 2.45) is 5.41 Å². The van der Waals surface area contributed by atoms with Crippen LogP contribution in [0.3, 0.4) is 0 Å². The summed E-state index contributed by atoms with van der Waals surface area (Å²) in [6, 6.07) is 6.87. The van der Waals surface area contributed by atoms with Crippen molar-refractivity contribution in [3.05, 3.63) is 29.8 Å². The molecule has 126 valence electrons. The Morgan fingerprint density at radius 2 is 1.68 bits per heavy atom. The van der Waals surface area contributed by atoms with Gasteiger partial charge in [-0.3, -0.25) is 0 Å². The summed E-state index contributed by atoms with van der Waals surface area (Å²) in [5, 5.41) is 13.3. The van der Waals surface area contributed by atoms with Crippen LogP contribution in [0.25, 0.3) is 0 Å². The number of sulfonamides is 1. The number of aliphatic hydroxyl groups is 1. The number of benzene rings is 1. The van der Waals surface area contributed by atoms with Gasteiger partial charge in [0.15, 0.2) is 0 Å². The summed E-state index contributed by atoms with van der Waals surface area (Å²) in [4.78, 5) is 0.281. The van der Waals surface area contributed by atoms with Crippen molar-refractivity contribution < 1.29 is 13.5 Å². The molecule has 1 aromatic carbocycles. The molecule has 1 rings (SSSR count). The monoisotopic (exact) mass is 328 g/mol. The number of hydrogen-bond donors (Lipinski definition) is 2. The lowest BCUT2D eigenvalue weighted by atomic mass is 9.89. The maximum atomic E-state index is 12.0. The topological polar surface area (TPSA) is 69.6 Å². The first-order valence-corrected chi connectivity index (χ1v) is 8.84. The highest BCUT2D eigenvalue weighted by Gasteiger charge is 2.22. The molecule has 0 spiro atoms. The SMILES string of the molecule is CC(NCC(O)C(C)(C)C)c1ccc(S(=O)(=O)N(C)C)cc1. The van der Waals surface area contributed by atoms with Gasteiger partial charge in [-0.25, -0.2) is 12.7 Å². The first-order valence-electron chi connectivity index (χ1n) is 7.40. The molecular formula is C16H28N2O3S. The van der Waals surface area contributed by atoms with Crippen LogP contribution < -0.4 is 5.32 Å². The van der Waals surface area contributed by atoms with Gasteiger partial charge in [-0.05, 0) is 30.0 Å². The van der Waals surface area contributed by atoms with Gasteiger partial charge >= 0.3 is 0 Å². The highest BCUT2D eigenvalue weighted by atomic mass is 32.2. The second-order valence-corrected chi connectivity index (χ2v) is 9.02. The predicted molar refractivity (Wildman–Crippen MR) is 89.2 cm³/mol. The Morgan fingerprint density at radius 3 is 2.09 bits per heavy atom. The summed E-state index contributed by atoms with van der Waals surface area (Å²) >= 11 is 0. The fraction of sp³-hybridized carbons (Fsp3) is 0.625. The highest BCUT2D eigenvalue weighted by Crippen LogP contribution is 2.21. The molecule has 1 aromatic rings. The van der Waals surface area contributed by atoms with Crippen molar-refractivity contribution in [1.29, 1.82) is 0 Å². The normalized spacial score (nSPS) is 15.8. The third-order valence-electron chi connectivity index (χ3n) is 3.78. The number of nitrogens with zero attached hydrogens (tertiary/aromatic N) is 1. The average molecular weight is 328 g/mol. The minimum Gasteiger partial charge on any atom is -0.391 e. The first-order chi connectivity index (χ1) is 9.96. The number of hydrogen-bond acceptors (Lipinski definition) is 4. The summed E-state index contributed by atoms with van der Waals surface area (Å²) < 4.78 is 25.2. The summed E-state index contributed by atoms with van der Waals surface area (Å²) in [6.07, 6.45) is -0.441. The Morgan fingerprint density at radius 1 is 1.18 bits per heavy atom.